The maximum Gasteiger partial charge on any atom is 0.217 e. The summed E-state index contributed by atoms with van der Waals surface area (Å²) >= 11 is 0. The third kappa shape index (κ3) is 3.70. The molecule has 3 aliphatic heterocycles. The van der Waals surface area contributed by atoms with E-state index < -0.39 is 80.0 Å². The van der Waals surface area contributed by atoms with E-state index in [2.05, 4.69) is 5.32 Å². The van der Waals surface area contributed by atoms with Gasteiger partial charge < -0.3 is 54.9 Å². The van der Waals surface area contributed by atoms with E-state index in [1.54, 1.807) is 0 Å². The van der Waals surface area contributed by atoms with Crippen LogP contribution in [-0.2, 0) is 23.7 Å². The number of amides is 1. The van der Waals surface area contributed by atoms with Crippen molar-refractivity contribution in [3.63, 3.8) is 0 Å². The Kier molecular flexibility index (Phi) is 6.03. The van der Waals surface area contributed by atoms with Crippen LogP contribution >= 0.6 is 0 Å². The number of hydrogen-bond acceptors (Lipinski definition) is 11. The number of ether oxygens (including phenoxy) is 4. The maximum atomic E-state index is 11.4. The van der Waals surface area contributed by atoms with Crippen LogP contribution in [0.25, 0.3) is 0 Å². The molecular formula is C15H25NO11. The highest BCUT2D eigenvalue weighted by molar-refractivity contribution is 5.73. The Morgan fingerprint density at radius 3 is 2.26 bits per heavy atom. The Hall–Kier alpha value is -0.930. The molecule has 0 aliphatic carbocycles. The molecule has 3 aliphatic rings. The molecule has 3 fully saturated rings. The minimum absolute atomic E-state index is 0.0163. The molecule has 0 aromatic rings. The van der Waals surface area contributed by atoms with Crippen LogP contribution < -0.4 is 5.32 Å². The number of carbonyl (C=O) groups excluding carboxylic acids is 1. The van der Waals surface area contributed by atoms with Gasteiger partial charge in [0.15, 0.2) is 18.2 Å². The zero-order chi connectivity index (χ0) is 19.9. The summed E-state index contributed by atoms with van der Waals surface area (Å²) in [5.74, 6) is -0.540. The molecule has 3 rings (SSSR count). The summed E-state index contributed by atoms with van der Waals surface area (Å²) in [6, 6.07) is -1.23. The molecule has 0 aromatic heterocycles. The van der Waals surface area contributed by atoms with E-state index in [1.807, 2.05) is 0 Å². The number of carbonyl (C=O) groups is 1. The van der Waals surface area contributed by atoms with Crippen molar-refractivity contribution in [2.75, 3.05) is 19.8 Å². The number of aliphatic hydroxyl groups is 6. The maximum absolute atomic E-state index is 11.4. The zero-order valence-electron chi connectivity index (χ0n) is 14.5. The van der Waals surface area contributed by atoms with Crippen molar-refractivity contribution in [1.29, 1.82) is 0 Å². The van der Waals surface area contributed by atoms with Gasteiger partial charge in [-0.3, -0.25) is 4.79 Å². The van der Waals surface area contributed by atoms with Crippen molar-refractivity contribution in [3.05, 3.63) is 0 Å². The van der Waals surface area contributed by atoms with Crippen LogP contribution in [0.1, 0.15) is 6.92 Å². The van der Waals surface area contributed by atoms with Crippen LogP contribution in [0.3, 0.4) is 0 Å². The Balaban J connectivity index is 1.81. The molecule has 12 nitrogen and oxygen atoms in total. The van der Waals surface area contributed by atoms with Crippen LogP contribution in [0.4, 0.5) is 0 Å². The zero-order valence-corrected chi connectivity index (χ0v) is 14.5. The molecule has 3 heterocycles. The van der Waals surface area contributed by atoms with E-state index in [1.165, 1.54) is 6.92 Å². The monoisotopic (exact) mass is 395 g/mol. The molecule has 7 N–H and O–H groups in total. The highest BCUT2D eigenvalue weighted by atomic mass is 16.7. The lowest BCUT2D eigenvalue weighted by Gasteiger charge is -2.46. The van der Waals surface area contributed by atoms with Gasteiger partial charge >= 0.3 is 0 Å². The number of epoxide rings is 1. The van der Waals surface area contributed by atoms with E-state index in [4.69, 9.17) is 18.9 Å². The molecule has 0 radical (unpaired) electrons. The Morgan fingerprint density at radius 1 is 1.11 bits per heavy atom. The molecule has 0 saturated carbocycles. The highest BCUT2D eigenvalue weighted by Crippen LogP contribution is 2.43. The summed E-state index contributed by atoms with van der Waals surface area (Å²) in [6.45, 7) is -0.00991. The van der Waals surface area contributed by atoms with Gasteiger partial charge in [0.05, 0.1) is 19.8 Å². The summed E-state index contributed by atoms with van der Waals surface area (Å²) in [5, 5.41) is 62.3. The molecule has 27 heavy (non-hydrogen) atoms. The van der Waals surface area contributed by atoms with Crippen LogP contribution in [0.2, 0.25) is 0 Å². The summed E-state index contributed by atoms with van der Waals surface area (Å²) < 4.78 is 21.3. The summed E-state index contributed by atoms with van der Waals surface area (Å²) in [6.07, 6.45) is -11.0. The van der Waals surface area contributed by atoms with Crippen molar-refractivity contribution in [2.45, 2.75) is 67.8 Å². The van der Waals surface area contributed by atoms with Crippen molar-refractivity contribution in [3.8, 4) is 0 Å². The van der Waals surface area contributed by atoms with Gasteiger partial charge in [0.1, 0.15) is 42.7 Å². The second-order valence-electron chi connectivity index (χ2n) is 6.92. The smallest absolute Gasteiger partial charge is 0.217 e. The molecule has 0 unspecified atom stereocenters. The SMILES string of the molecule is CC(=O)N[C@@H]1[C@@H](O[C@@H]2O[C@H](CO)[C@H](O)[C@@]3(CO3)[C@H]2O)[C@H](O)[C@@H](CO)O[C@H]1O. The van der Waals surface area contributed by atoms with Crippen molar-refractivity contribution in [1.82, 2.24) is 5.32 Å². The third-order valence-corrected chi connectivity index (χ3v) is 5.11. The van der Waals surface area contributed by atoms with Crippen molar-refractivity contribution >= 4 is 5.91 Å². The first-order chi connectivity index (χ1) is 12.7. The molecule has 3 saturated heterocycles. The number of rotatable bonds is 5. The minimum atomic E-state index is -1.61. The van der Waals surface area contributed by atoms with E-state index in [-0.39, 0.29) is 6.61 Å². The number of hydrogen-bond donors (Lipinski definition) is 7. The largest absolute Gasteiger partial charge is 0.394 e. The molecule has 12 heteroatoms. The van der Waals surface area contributed by atoms with Gasteiger partial charge in [-0.15, -0.1) is 0 Å². The first-order valence-corrected chi connectivity index (χ1v) is 8.56. The normalized spacial score (nSPS) is 49.8. The summed E-state index contributed by atoms with van der Waals surface area (Å²) in [4.78, 5) is 11.4. The Bertz CT molecular complexity index is 544. The first-order valence-electron chi connectivity index (χ1n) is 8.56. The average molecular weight is 395 g/mol. The molecular weight excluding hydrogens is 370 g/mol. The third-order valence-electron chi connectivity index (χ3n) is 5.11. The second-order valence-corrected chi connectivity index (χ2v) is 6.92. The van der Waals surface area contributed by atoms with Crippen LogP contribution in [0, 0.1) is 0 Å². The number of aliphatic hydroxyl groups excluding tert-OH is 6. The number of nitrogens with one attached hydrogen (secondary N) is 1. The molecule has 1 amide bonds. The summed E-state index contributed by atoms with van der Waals surface area (Å²) in [5.41, 5.74) is -1.37. The highest BCUT2D eigenvalue weighted by Gasteiger charge is 2.66. The fraction of sp³-hybridized carbons (Fsp3) is 0.933. The lowest BCUT2D eigenvalue weighted by molar-refractivity contribution is -0.337. The standard InChI is InChI=1S/C15H25NO11/c1-5(19)16-8-10(9(20)6(2-17)25-13(8)23)27-14-12(22)15(4-24-15)11(21)7(3-18)26-14/h6-14,17-18,20-23H,2-4H2,1H3,(H,16,19)/t6-,7-,8-,9-,10-,11+,12+,13-,14+,15+/m1/s1. The van der Waals surface area contributed by atoms with Crippen LogP contribution in [0.15, 0.2) is 0 Å². The van der Waals surface area contributed by atoms with Gasteiger partial charge in [-0.25, -0.2) is 0 Å². The van der Waals surface area contributed by atoms with Gasteiger partial charge in [0.2, 0.25) is 5.91 Å². The van der Waals surface area contributed by atoms with Gasteiger partial charge in [0, 0.05) is 6.92 Å². The van der Waals surface area contributed by atoms with Gasteiger partial charge in [-0.2, -0.15) is 0 Å². The Labute approximate surface area is 154 Å². The van der Waals surface area contributed by atoms with E-state index >= 15 is 0 Å². The second kappa shape index (κ2) is 7.83. The lowest BCUT2D eigenvalue weighted by atomic mass is 9.89. The quantitative estimate of drug-likeness (QED) is 0.221. The predicted octanol–water partition coefficient (Wildman–Crippen LogP) is -4.85. The molecule has 0 aromatic carbocycles. The average Bonchev–Trinajstić information content (AvgIpc) is 3.42. The summed E-state index contributed by atoms with van der Waals surface area (Å²) in [7, 11) is 0. The lowest BCUT2D eigenvalue weighted by Crippen LogP contribution is -2.68. The molecule has 10 atom stereocenters. The van der Waals surface area contributed by atoms with E-state index in [0.717, 1.165) is 0 Å². The fourth-order valence-corrected chi connectivity index (χ4v) is 3.50. The topological polar surface area (TPSA) is 191 Å². The fourth-order valence-electron chi connectivity index (χ4n) is 3.50. The molecule has 0 bridgehead atoms. The van der Waals surface area contributed by atoms with Crippen LogP contribution in [0.5, 0.6) is 0 Å². The van der Waals surface area contributed by atoms with Gasteiger partial charge in [-0.05, 0) is 0 Å². The Morgan fingerprint density at radius 2 is 1.74 bits per heavy atom. The van der Waals surface area contributed by atoms with Crippen molar-refractivity contribution in [2.24, 2.45) is 0 Å². The van der Waals surface area contributed by atoms with Gasteiger partial charge in [-0.1, -0.05) is 0 Å². The minimum Gasteiger partial charge on any atom is -0.394 e. The van der Waals surface area contributed by atoms with E-state index in [9.17, 15) is 35.4 Å². The predicted molar refractivity (Wildman–Crippen MR) is 82.9 cm³/mol. The molecule has 156 valence electrons. The molecule has 1 spiro atoms. The first kappa shape index (κ1) is 20.8. The van der Waals surface area contributed by atoms with Crippen LogP contribution in [-0.4, -0.2) is 117 Å². The van der Waals surface area contributed by atoms with E-state index in [0.29, 0.717) is 0 Å². The van der Waals surface area contributed by atoms with Gasteiger partial charge in [0.25, 0.3) is 0 Å². The van der Waals surface area contributed by atoms with Crippen molar-refractivity contribution < 1.29 is 54.4 Å².